The van der Waals surface area contributed by atoms with Crippen LogP contribution in [0, 0.1) is 12.7 Å². The summed E-state index contributed by atoms with van der Waals surface area (Å²) in [6.07, 6.45) is 0. The molecule has 2 nitrogen and oxygen atoms in total. The van der Waals surface area contributed by atoms with Crippen LogP contribution in [0.15, 0.2) is 48.5 Å². The monoisotopic (exact) mass is 230 g/mol. The van der Waals surface area contributed by atoms with Gasteiger partial charge in [-0.25, -0.2) is 9.18 Å². The highest BCUT2D eigenvalue weighted by Crippen LogP contribution is 2.18. The Morgan fingerprint density at radius 1 is 1.06 bits per heavy atom. The van der Waals surface area contributed by atoms with Crippen LogP contribution in [-0.4, -0.2) is 5.97 Å². The van der Waals surface area contributed by atoms with E-state index in [0.29, 0.717) is 5.56 Å². The maximum absolute atomic E-state index is 13.3. The van der Waals surface area contributed by atoms with E-state index in [0.717, 1.165) is 5.56 Å². The average Bonchev–Trinajstić information content (AvgIpc) is 2.32. The van der Waals surface area contributed by atoms with Crippen LogP contribution in [0.5, 0.6) is 5.75 Å². The molecule has 2 rings (SSSR count). The largest absolute Gasteiger partial charge is 0.420 e. The van der Waals surface area contributed by atoms with E-state index in [2.05, 4.69) is 0 Å². The lowest BCUT2D eigenvalue weighted by atomic mass is 10.1. The van der Waals surface area contributed by atoms with E-state index in [1.807, 2.05) is 6.07 Å². The van der Waals surface area contributed by atoms with Crippen LogP contribution in [0.1, 0.15) is 15.9 Å². The first-order valence-electron chi connectivity index (χ1n) is 5.21. The zero-order valence-electron chi connectivity index (χ0n) is 9.31. The molecule has 0 fully saturated rings. The van der Waals surface area contributed by atoms with Gasteiger partial charge in [-0.1, -0.05) is 30.3 Å². The molecule has 0 unspecified atom stereocenters. The van der Waals surface area contributed by atoms with Crippen molar-refractivity contribution in [1.82, 2.24) is 0 Å². The van der Waals surface area contributed by atoms with Crippen molar-refractivity contribution < 1.29 is 13.9 Å². The quantitative estimate of drug-likeness (QED) is 0.584. The minimum absolute atomic E-state index is 0.0549. The van der Waals surface area contributed by atoms with Gasteiger partial charge in [-0.3, -0.25) is 0 Å². The number of rotatable bonds is 2. The van der Waals surface area contributed by atoms with Crippen LogP contribution >= 0.6 is 0 Å². The third-order valence-electron chi connectivity index (χ3n) is 2.40. The van der Waals surface area contributed by atoms with Crippen molar-refractivity contribution in [2.24, 2.45) is 0 Å². The number of para-hydroxylation sites is 1. The van der Waals surface area contributed by atoms with Gasteiger partial charge in [0.25, 0.3) is 0 Å². The Labute approximate surface area is 98.7 Å². The second-order valence-corrected chi connectivity index (χ2v) is 3.63. The van der Waals surface area contributed by atoms with E-state index in [1.165, 1.54) is 12.1 Å². The van der Waals surface area contributed by atoms with Crippen LogP contribution in [0.4, 0.5) is 4.39 Å². The number of carbonyl (C=O) groups excluding carboxylic acids is 1. The van der Waals surface area contributed by atoms with Crippen molar-refractivity contribution in [3.8, 4) is 5.75 Å². The molecular formula is C14H11FO2. The lowest BCUT2D eigenvalue weighted by molar-refractivity contribution is 0.0727. The molecule has 86 valence electrons. The Morgan fingerprint density at radius 2 is 1.71 bits per heavy atom. The fraction of sp³-hybridized carbons (Fsp3) is 0.0714. The molecule has 0 spiro atoms. The van der Waals surface area contributed by atoms with Gasteiger partial charge in [0, 0.05) is 0 Å². The highest BCUT2D eigenvalue weighted by molar-refractivity contribution is 5.92. The molecule has 2 aromatic rings. The van der Waals surface area contributed by atoms with Gasteiger partial charge in [0.2, 0.25) is 0 Å². The van der Waals surface area contributed by atoms with Crippen molar-refractivity contribution >= 4 is 5.97 Å². The Morgan fingerprint density at radius 3 is 2.41 bits per heavy atom. The number of hydrogen-bond donors (Lipinski definition) is 0. The van der Waals surface area contributed by atoms with Crippen molar-refractivity contribution in [3.63, 3.8) is 0 Å². The molecule has 0 N–H and O–H groups in total. The van der Waals surface area contributed by atoms with Gasteiger partial charge in [-0.2, -0.15) is 0 Å². The Bertz CT molecular complexity index is 549. The summed E-state index contributed by atoms with van der Waals surface area (Å²) in [5.74, 6) is -1.15. The predicted molar refractivity (Wildman–Crippen MR) is 62.5 cm³/mol. The lowest BCUT2D eigenvalue weighted by Crippen LogP contribution is -2.10. The second kappa shape index (κ2) is 4.78. The molecule has 0 aliphatic carbocycles. The molecule has 2 aromatic carbocycles. The van der Waals surface area contributed by atoms with Gasteiger partial charge < -0.3 is 4.74 Å². The Balaban J connectivity index is 2.24. The molecule has 17 heavy (non-hydrogen) atoms. The summed E-state index contributed by atoms with van der Waals surface area (Å²) in [6.45, 7) is 1.80. The smallest absolute Gasteiger partial charge is 0.343 e. The number of hydrogen-bond acceptors (Lipinski definition) is 2. The maximum atomic E-state index is 13.3. The van der Waals surface area contributed by atoms with E-state index in [9.17, 15) is 9.18 Å². The Hall–Kier alpha value is -2.16. The zero-order chi connectivity index (χ0) is 12.3. The van der Waals surface area contributed by atoms with Gasteiger partial charge in [0.1, 0.15) is 0 Å². The standard InChI is InChI=1S/C14H11FO2/c1-10-6-2-3-7-11(10)14(16)17-13-9-5-4-8-12(13)15/h2-9H,1H3. The van der Waals surface area contributed by atoms with Gasteiger partial charge >= 0.3 is 5.97 Å². The van der Waals surface area contributed by atoms with Crippen LogP contribution in [0.2, 0.25) is 0 Å². The third kappa shape index (κ3) is 2.50. The first-order valence-corrected chi connectivity index (χ1v) is 5.21. The van der Waals surface area contributed by atoms with Crippen LogP contribution in [0.3, 0.4) is 0 Å². The third-order valence-corrected chi connectivity index (χ3v) is 2.40. The number of esters is 1. The number of halogens is 1. The van der Waals surface area contributed by atoms with E-state index in [-0.39, 0.29) is 5.75 Å². The summed E-state index contributed by atoms with van der Waals surface area (Å²) < 4.78 is 18.3. The Kier molecular flexibility index (Phi) is 3.19. The van der Waals surface area contributed by atoms with E-state index in [4.69, 9.17) is 4.74 Å². The van der Waals surface area contributed by atoms with E-state index >= 15 is 0 Å². The maximum Gasteiger partial charge on any atom is 0.343 e. The number of carbonyl (C=O) groups is 1. The highest BCUT2D eigenvalue weighted by Gasteiger charge is 2.12. The SMILES string of the molecule is Cc1ccccc1C(=O)Oc1ccccc1F. The molecule has 0 aromatic heterocycles. The molecule has 0 saturated carbocycles. The minimum atomic E-state index is -0.548. The summed E-state index contributed by atoms with van der Waals surface area (Å²) in [4.78, 5) is 11.8. The summed E-state index contributed by atoms with van der Waals surface area (Å²) in [7, 11) is 0. The molecule has 0 aliphatic rings. The van der Waals surface area contributed by atoms with E-state index < -0.39 is 11.8 Å². The summed E-state index contributed by atoms with van der Waals surface area (Å²) in [5, 5.41) is 0. The fourth-order valence-electron chi connectivity index (χ4n) is 1.48. The molecule has 0 amide bonds. The van der Waals surface area contributed by atoms with Gasteiger partial charge in [0.05, 0.1) is 5.56 Å². The first-order chi connectivity index (χ1) is 8.18. The summed E-state index contributed by atoms with van der Waals surface area (Å²) in [6, 6.07) is 12.9. The predicted octanol–water partition coefficient (Wildman–Crippen LogP) is 3.35. The van der Waals surface area contributed by atoms with Gasteiger partial charge in [-0.05, 0) is 30.7 Å². The molecule has 0 atom stereocenters. The minimum Gasteiger partial charge on any atom is -0.420 e. The molecule has 0 heterocycles. The fourth-order valence-corrected chi connectivity index (χ4v) is 1.48. The van der Waals surface area contributed by atoms with E-state index in [1.54, 1.807) is 37.3 Å². The first kappa shape index (κ1) is 11.3. The molecule has 0 radical (unpaired) electrons. The number of aryl methyl sites for hydroxylation is 1. The topological polar surface area (TPSA) is 26.3 Å². The lowest BCUT2D eigenvalue weighted by Gasteiger charge is -2.06. The molecule has 0 bridgehead atoms. The molecule has 3 heteroatoms. The van der Waals surface area contributed by atoms with Crippen molar-refractivity contribution in [1.29, 1.82) is 0 Å². The van der Waals surface area contributed by atoms with Crippen LogP contribution in [-0.2, 0) is 0 Å². The average molecular weight is 230 g/mol. The zero-order valence-corrected chi connectivity index (χ0v) is 9.31. The van der Waals surface area contributed by atoms with Gasteiger partial charge in [0.15, 0.2) is 11.6 Å². The van der Waals surface area contributed by atoms with Crippen LogP contribution < -0.4 is 4.74 Å². The van der Waals surface area contributed by atoms with Crippen molar-refractivity contribution in [2.45, 2.75) is 6.92 Å². The number of ether oxygens (including phenoxy) is 1. The van der Waals surface area contributed by atoms with Crippen LogP contribution in [0.25, 0.3) is 0 Å². The molecular weight excluding hydrogens is 219 g/mol. The summed E-state index contributed by atoms with van der Waals surface area (Å²) in [5.41, 5.74) is 1.24. The highest BCUT2D eigenvalue weighted by atomic mass is 19.1. The molecule has 0 saturated heterocycles. The van der Waals surface area contributed by atoms with Crippen molar-refractivity contribution in [3.05, 3.63) is 65.5 Å². The number of benzene rings is 2. The molecule has 0 aliphatic heterocycles. The normalized spacial score (nSPS) is 10.0. The van der Waals surface area contributed by atoms with Gasteiger partial charge in [-0.15, -0.1) is 0 Å². The second-order valence-electron chi connectivity index (χ2n) is 3.63. The van der Waals surface area contributed by atoms with Crippen molar-refractivity contribution in [2.75, 3.05) is 0 Å². The summed E-state index contributed by atoms with van der Waals surface area (Å²) >= 11 is 0.